The third-order valence-electron chi connectivity index (χ3n) is 1.17. The summed E-state index contributed by atoms with van der Waals surface area (Å²) in [6, 6.07) is 4.39. The molecule has 1 aromatic carbocycles. The summed E-state index contributed by atoms with van der Waals surface area (Å²) in [7, 11) is 0. The summed E-state index contributed by atoms with van der Waals surface area (Å²) in [5.74, 6) is 0. The molecule has 5 heteroatoms. The number of carbonyl (C=O) groups excluding carboxylic acids is 1. The van der Waals surface area contributed by atoms with Crippen LogP contribution in [0.5, 0.6) is 0 Å². The van der Waals surface area contributed by atoms with Gasteiger partial charge < -0.3 is 15.2 Å². The zero-order chi connectivity index (χ0) is 9.14. The third-order valence-corrected chi connectivity index (χ3v) is 1.91. The summed E-state index contributed by atoms with van der Waals surface area (Å²) < 4.78 is 0. The number of hydrogen-bond donors (Lipinski definition) is 1. The Hall–Kier alpha value is -0.930. The van der Waals surface area contributed by atoms with Crippen LogP contribution < -0.4 is 10.4 Å². The standard InChI is InChI=1S/C7H5Cl2NO2/c8-5-2-1-4(3-6(5)9)10-7(11)12/h1-3,10H,(H,11,12)/p-1. The average Bonchev–Trinajstić information content (AvgIpc) is 1.96. The topological polar surface area (TPSA) is 52.2 Å². The first-order valence-corrected chi connectivity index (χ1v) is 3.78. The van der Waals surface area contributed by atoms with Crippen LogP contribution in [-0.4, -0.2) is 6.09 Å². The van der Waals surface area contributed by atoms with Gasteiger partial charge in [-0.1, -0.05) is 23.2 Å². The Morgan fingerprint density at radius 1 is 1.33 bits per heavy atom. The highest BCUT2D eigenvalue weighted by atomic mass is 35.5. The van der Waals surface area contributed by atoms with Gasteiger partial charge in [0.15, 0.2) is 0 Å². The Morgan fingerprint density at radius 2 is 2.00 bits per heavy atom. The largest absolute Gasteiger partial charge is 0.530 e. The number of amides is 1. The molecule has 1 N–H and O–H groups in total. The summed E-state index contributed by atoms with van der Waals surface area (Å²) in [6.45, 7) is 0. The zero-order valence-corrected chi connectivity index (χ0v) is 7.32. The molecular weight excluding hydrogens is 201 g/mol. The Kier molecular flexibility index (Phi) is 2.78. The second-order valence-corrected chi connectivity index (χ2v) is 2.86. The van der Waals surface area contributed by atoms with Crippen LogP contribution in [0, 0.1) is 0 Å². The van der Waals surface area contributed by atoms with Gasteiger partial charge in [0, 0.05) is 5.69 Å². The lowest BCUT2D eigenvalue weighted by molar-refractivity contribution is -0.242. The number of halogens is 2. The molecule has 0 unspecified atom stereocenters. The van der Waals surface area contributed by atoms with Crippen molar-refractivity contribution >= 4 is 35.0 Å². The second-order valence-electron chi connectivity index (χ2n) is 2.04. The lowest BCUT2D eigenvalue weighted by Gasteiger charge is -2.06. The van der Waals surface area contributed by atoms with Crippen molar-refractivity contribution in [2.24, 2.45) is 0 Å². The molecule has 64 valence electrons. The number of anilines is 1. The molecule has 0 heterocycles. The molecule has 12 heavy (non-hydrogen) atoms. The fourth-order valence-corrected chi connectivity index (χ4v) is 0.990. The van der Waals surface area contributed by atoms with E-state index in [9.17, 15) is 9.90 Å². The van der Waals surface area contributed by atoms with Crippen molar-refractivity contribution in [2.75, 3.05) is 5.32 Å². The van der Waals surface area contributed by atoms with E-state index >= 15 is 0 Å². The molecule has 0 aliphatic rings. The second kappa shape index (κ2) is 3.65. The van der Waals surface area contributed by atoms with Gasteiger partial charge in [-0.15, -0.1) is 0 Å². The van der Waals surface area contributed by atoms with E-state index in [1.54, 1.807) is 0 Å². The van der Waals surface area contributed by atoms with Crippen molar-refractivity contribution in [1.82, 2.24) is 0 Å². The molecule has 1 rings (SSSR count). The number of carbonyl (C=O) groups is 1. The van der Waals surface area contributed by atoms with Gasteiger partial charge in [0.1, 0.15) is 6.09 Å². The summed E-state index contributed by atoms with van der Waals surface area (Å²) in [5, 5.41) is 12.8. The van der Waals surface area contributed by atoms with E-state index in [0.29, 0.717) is 15.7 Å². The highest BCUT2D eigenvalue weighted by Gasteiger charge is 1.98. The highest BCUT2D eigenvalue weighted by Crippen LogP contribution is 2.24. The van der Waals surface area contributed by atoms with Crippen molar-refractivity contribution in [3.05, 3.63) is 28.2 Å². The zero-order valence-electron chi connectivity index (χ0n) is 5.80. The van der Waals surface area contributed by atoms with Gasteiger partial charge in [0.2, 0.25) is 0 Å². The highest BCUT2D eigenvalue weighted by molar-refractivity contribution is 6.42. The SMILES string of the molecule is O=C([O-])Nc1ccc(Cl)c(Cl)c1. The number of hydrogen-bond acceptors (Lipinski definition) is 2. The number of benzene rings is 1. The molecule has 0 bridgehead atoms. The monoisotopic (exact) mass is 204 g/mol. The summed E-state index contributed by atoms with van der Waals surface area (Å²) in [4.78, 5) is 10.1. The summed E-state index contributed by atoms with van der Waals surface area (Å²) in [6.07, 6.45) is -1.38. The minimum atomic E-state index is -1.38. The molecule has 1 amide bonds. The maximum absolute atomic E-state index is 10.1. The number of carboxylic acid groups (broad SMARTS) is 1. The molecule has 0 fully saturated rings. The maximum atomic E-state index is 10.1. The molecule has 3 nitrogen and oxygen atoms in total. The molecule has 1 aromatic rings. The van der Waals surface area contributed by atoms with Crippen LogP contribution in [0.25, 0.3) is 0 Å². The molecule has 0 aromatic heterocycles. The van der Waals surface area contributed by atoms with Gasteiger partial charge in [-0.05, 0) is 18.2 Å². The normalized spacial score (nSPS) is 9.50. The minimum absolute atomic E-state index is 0.294. The first-order valence-electron chi connectivity index (χ1n) is 3.02. The average molecular weight is 205 g/mol. The van der Waals surface area contributed by atoms with Crippen LogP contribution in [0.3, 0.4) is 0 Å². The Bertz CT molecular complexity index is 314. The first kappa shape index (κ1) is 9.16. The van der Waals surface area contributed by atoms with Gasteiger partial charge in [0.25, 0.3) is 0 Å². The van der Waals surface area contributed by atoms with E-state index in [4.69, 9.17) is 23.2 Å². The minimum Gasteiger partial charge on any atom is -0.530 e. The molecule has 0 radical (unpaired) electrons. The van der Waals surface area contributed by atoms with E-state index in [0.717, 1.165) is 0 Å². The quantitative estimate of drug-likeness (QED) is 0.759. The van der Waals surface area contributed by atoms with E-state index in [1.165, 1.54) is 18.2 Å². The van der Waals surface area contributed by atoms with Crippen molar-refractivity contribution < 1.29 is 9.90 Å². The van der Waals surface area contributed by atoms with Crippen LogP contribution in [0.1, 0.15) is 0 Å². The van der Waals surface area contributed by atoms with E-state index in [-0.39, 0.29) is 0 Å². The van der Waals surface area contributed by atoms with Gasteiger partial charge in [0.05, 0.1) is 10.0 Å². The smallest absolute Gasteiger partial charge is 0.138 e. The fraction of sp³-hybridized carbons (Fsp3) is 0. The van der Waals surface area contributed by atoms with Crippen LogP contribution >= 0.6 is 23.2 Å². The Morgan fingerprint density at radius 3 is 2.50 bits per heavy atom. The molecule has 0 spiro atoms. The van der Waals surface area contributed by atoms with Gasteiger partial charge in [-0.2, -0.15) is 0 Å². The van der Waals surface area contributed by atoms with Crippen LogP contribution in [-0.2, 0) is 0 Å². The molecule has 0 saturated carbocycles. The van der Waals surface area contributed by atoms with Crippen LogP contribution in [0.4, 0.5) is 10.5 Å². The van der Waals surface area contributed by atoms with Crippen molar-refractivity contribution in [1.29, 1.82) is 0 Å². The molecule has 0 aliphatic carbocycles. The van der Waals surface area contributed by atoms with Gasteiger partial charge >= 0.3 is 0 Å². The van der Waals surface area contributed by atoms with E-state index < -0.39 is 6.09 Å². The predicted molar refractivity (Wildman–Crippen MR) is 45.5 cm³/mol. The summed E-state index contributed by atoms with van der Waals surface area (Å²) in [5.41, 5.74) is 0.337. The first-order chi connectivity index (χ1) is 5.59. The molecule has 0 saturated heterocycles. The Balaban J connectivity index is 2.89. The number of nitrogens with one attached hydrogen (secondary N) is 1. The molecular formula is C7H4Cl2NO2-. The predicted octanol–water partition coefficient (Wildman–Crippen LogP) is 1.75. The van der Waals surface area contributed by atoms with Gasteiger partial charge in [-0.25, -0.2) is 0 Å². The van der Waals surface area contributed by atoms with Crippen molar-refractivity contribution in [2.45, 2.75) is 0 Å². The molecule has 0 atom stereocenters. The maximum Gasteiger partial charge on any atom is 0.138 e. The van der Waals surface area contributed by atoms with Crippen molar-refractivity contribution in [3.8, 4) is 0 Å². The lowest BCUT2D eigenvalue weighted by atomic mass is 10.3. The third kappa shape index (κ3) is 2.29. The lowest BCUT2D eigenvalue weighted by Crippen LogP contribution is -2.28. The van der Waals surface area contributed by atoms with Crippen molar-refractivity contribution in [3.63, 3.8) is 0 Å². The molecule has 0 aliphatic heterocycles. The summed E-state index contributed by atoms with van der Waals surface area (Å²) >= 11 is 11.2. The van der Waals surface area contributed by atoms with Crippen LogP contribution in [0.2, 0.25) is 10.0 Å². The van der Waals surface area contributed by atoms with Crippen LogP contribution in [0.15, 0.2) is 18.2 Å². The number of rotatable bonds is 1. The van der Waals surface area contributed by atoms with Gasteiger partial charge in [-0.3, -0.25) is 0 Å². The van der Waals surface area contributed by atoms with E-state index in [2.05, 4.69) is 0 Å². The fourth-order valence-electron chi connectivity index (χ4n) is 0.692. The van der Waals surface area contributed by atoms with E-state index in [1.807, 2.05) is 5.32 Å². The Labute approximate surface area is 78.9 Å².